The van der Waals surface area contributed by atoms with Gasteiger partial charge in [0.15, 0.2) is 0 Å². The molecule has 1 heteroatoms. The summed E-state index contributed by atoms with van der Waals surface area (Å²) in [6, 6.07) is 10.2. The summed E-state index contributed by atoms with van der Waals surface area (Å²) in [7, 11) is 0. The van der Waals surface area contributed by atoms with E-state index in [0.717, 1.165) is 18.8 Å². The first kappa shape index (κ1) is 9.85. The molecule has 1 aromatic rings. The Labute approximate surface area is 80.0 Å². The van der Waals surface area contributed by atoms with Crippen molar-refractivity contribution in [3.05, 3.63) is 41.7 Å². The van der Waals surface area contributed by atoms with Crippen LogP contribution in [0.5, 0.6) is 0 Å². The van der Waals surface area contributed by atoms with Crippen molar-refractivity contribution in [3.8, 4) is 0 Å². The van der Waals surface area contributed by atoms with Crippen LogP contribution in [0.4, 0.5) is 0 Å². The van der Waals surface area contributed by atoms with Crippen LogP contribution in [0.15, 0.2) is 36.1 Å². The Hall–Kier alpha value is -1.24. The third kappa shape index (κ3) is 3.79. The van der Waals surface area contributed by atoms with E-state index in [9.17, 15) is 0 Å². The lowest BCUT2D eigenvalue weighted by Crippen LogP contribution is -1.89. The molecule has 0 fully saturated rings. The fourth-order valence-electron chi connectivity index (χ4n) is 1.09. The Morgan fingerprint density at radius 3 is 2.62 bits per heavy atom. The van der Waals surface area contributed by atoms with Gasteiger partial charge in [0, 0.05) is 0 Å². The Kier molecular flexibility index (Phi) is 4.10. The zero-order valence-corrected chi connectivity index (χ0v) is 8.29. The molecule has 0 saturated heterocycles. The second kappa shape index (κ2) is 5.41. The monoisotopic (exact) mass is 176 g/mol. The summed E-state index contributed by atoms with van der Waals surface area (Å²) in [5, 5.41) is 0. The van der Waals surface area contributed by atoms with Gasteiger partial charge < -0.3 is 4.74 Å². The topological polar surface area (TPSA) is 9.23 Å². The largest absolute Gasteiger partial charge is 0.498 e. The highest BCUT2D eigenvalue weighted by Gasteiger charge is 1.89. The van der Waals surface area contributed by atoms with Crippen molar-refractivity contribution >= 4 is 6.08 Å². The minimum absolute atomic E-state index is 0.801. The average molecular weight is 176 g/mol. The first-order valence-corrected chi connectivity index (χ1v) is 4.69. The zero-order valence-electron chi connectivity index (χ0n) is 8.29. The summed E-state index contributed by atoms with van der Waals surface area (Å²) in [5.41, 5.74) is 1.19. The summed E-state index contributed by atoms with van der Waals surface area (Å²) in [6.07, 6.45) is 3.11. The van der Waals surface area contributed by atoms with Gasteiger partial charge in [0.05, 0.1) is 12.4 Å². The Balaban J connectivity index is 2.55. The van der Waals surface area contributed by atoms with Crippen molar-refractivity contribution in [3.63, 3.8) is 0 Å². The van der Waals surface area contributed by atoms with Crippen LogP contribution in [-0.2, 0) is 4.74 Å². The van der Waals surface area contributed by atoms with Gasteiger partial charge in [-0.2, -0.15) is 0 Å². The first-order chi connectivity index (χ1) is 6.33. The van der Waals surface area contributed by atoms with Gasteiger partial charge in [-0.25, -0.2) is 0 Å². The van der Waals surface area contributed by atoms with Gasteiger partial charge >= 0.3 is 0 Å². The molecule has 70 valence electrons. The maximum absolute atomic E-state index is 5.46. The van der Waals surface area contributed by atoms with Crippen molar-refractivity contribution in [2.45, 2.75) is 20.3 Å². The van der Waals surface area contributed by atoms with E-state index in [-0.39, 0.29) is 0 Å². The molecule has 0 saturated carbocycles. The van der Waals surface area contributed by atoms with E-state index in [2.05, 4.69) is 25.1 Å². The van der Waals surface area contributed by atoms with Gasteiger partial charge in [-0.3, -0.25) is 0 Å². The van der Waals surface area contributed by atoms with Gasteiger partial charge in [0.2, 0.25) is 0 Å². The third-order valence-electron chi connectivity index (χ3n) is 1.70. The standard InChI is InChI=1S/C12H16O/c1-3-9-13-11(2)10-12-7-5-4-6-8-12/h4-8,10H,3,9H2,1-2H3. The van der Waals surface area contributed by atoms with Crippen molar-refractivity contribution in [2.75, 3.05) is 6.61 Å². The van der Waals surface area contributed by atoms with Crippen molar-refractivity contribution in [2.24, 2.45) is 0 Å². The van der Waals surface area contributed by atoms with Gasteiger partial charge in [0.1, 0.15) is 0 Å². The van der Waals surface area contributed by atoms with Crippen molar-refractivity contribution in [1.82, 2.24) is 0 Å². The van der Waals surface area contributed by atoms with Crippen LogP contribution in [0, 0.1) is 0 Å². The van der Waals surface area contributed by atoms with E-state index < -0.39 is 0 Å². The lowest BCUT2D eigenvalue weighted by atomic mass is 10.2. The molecule has 0 N–H and O–H groups in total. The molecule has 0 aliphatic carbocycles. The molecular formula is C12H16O. The lowest BCUT2D eigenvalue weighted by Gasteiger charge is -2.03. The van der Waals surface area contributed by atoms with Crippen LogP contribution < -0.4 is 0 Å². The van der Waals surface area contributed by atoms with E-state index in [4.69, 9.17) is 4.74 Å². The number of allylic oxidation sites excluding steroid dienone is 1. The highest BCUT2D eigenvalue weighted by Crippen LogP contribution is 2.06. The smallest absolute Gasteiger partial charge is 0.0934 e. The second-order valence-electron chi connectivity index (χ2n) is 3.01. The first-order valence-electron chi connectivity index (χ1n) is 4.69. The van der Waals surface area contributed by atoms with Crippen LogP contribution in [0.2, 0.25) is 0 Å². The molecule has 1 rings (SSSR count). The van der Waals surface area contributed by atoms with E-state index in [1.54, 1.807) is 0 Å². The molecule has 0 unspecified atom stereocenters. The molecule has 0 atom stereocenters. The highest BCUT2D eigenvalue weighted by molar-refractivity contribution is 5.50. The molecule has 0 aliphatic heterocycles. The second-order valence-corrected chi connectivity index (χ2v) is 3.01. The highest BCUT2D eigenvalue weighted by atomic mass is 16.5. The molecule has 1 aromatic carbocycles. The molecule has 0 spiro atoms. The van der Waals surface area contributed by atoms with Crippen LogP contribution in [0.25, 0.3) is 6.08 Å². The van der Waals surface area contributed by atoms with Gasteiger partial charge in [-0.05, 0) is 25.0 Å². The van der Waals surface area contributed by atoms with E-state index in [0.29, 0.717) is 0 Å². The van der Waals surface area contributed by atoms with Gasteiger partial charge in [0.25, 0.3) is 0 Å². The Morgan fingerprint density at radius 2 is 2.00 bits per heavy atom. The van der Waals surface area contributed by atoms with Crippen LogP contribution in [0.3, 0.4) is 0 Å². The summed E-state index contributed by atoms with van der Waals surface area (Å²) >= 11 is 0. The number of rotatable bonds is 4. The van der Waals surface area contributed by atoms with E-state index in [1.807, 2.05) is 25.1 Å². The average Bonchev–Trinajstić information content (AvgIpc) is 2.16. The molecule has 0 aliphatic rings. The number of ether oxygens (including phenoxy) is 1. The quantitative estimate of drug-likeness (QED) is 0.638. The third-order valence-corrected chi connectivity index (χ3v) is 1.70. The van der Waals surface area contributed by atoms with E-state index >= 15 is 0 Å². The number of hydrogen-bond acceptors (Lipinski definition) is 1. The summed E-state index contributed by atoms with van der Waals surface area (Å²) in [5.74, 6) is 0.980. The molecule has 0 heterocycles. The summed E-state index contributed by atoms with van der Waals surface area (Å²) < 4.78 is 5.46. The van der Waals surface area contributed by atoms with Crippen molar-refractivity contribution < 1.29 is 4.74 Å². The zero-order chi connectivity index (χ0) is 9.52. The molecular weight excluding hydrogens is 160 g/mol. The Bertz CT molecular complexity index is 262. The molecule has 0 amide bonds. The minimum Gasteiger partial charge on any atom is -0.498 e. The van der Waals surface area contributed by atoms with Crippen molar-refractivity contribution in [1.29, 1.82) is 0 Å². The summed E-state index contributed by atoms with van der Waals surface area (Å²) in [6.45, 7) is 4.90. The van der Waals surface area contributed by atoms with Gasteiger partial charge in [-0.15, -0.1) is 0 Å². The predicted molar refractivity (Wildman–Crippen MR) is 56.3 cm³/mol. The lowest BCUT2D eigenvalue weighted by molar-refractivity contribution is 0.217. The fourth-order valence-corrected chi connectivity index (χ4v) is 1.09. The molecule has 13 heavy (non-hydrogen) atoms. The maximum Gasteiger partial charge on any atom is 0.0934 e. The molecule has 1 nitrogen and oxygen atoms in total. The van der Waals surface area contributed by atoms with Crippen LogP contribution >= 0.6 is 0 Å². The fraction of sp³-hybridized carbons (Fsp3) is 0.333. The maximum atomic E-state index is 5.46. The molecule has 0 bridgehead atoms. The Morgan fingerprint density at radius 1 is 1.31 bits per heavy atom. The summed E-state index contributed by atoms with van der Waals surface area (Å²) in [4.78, 5) is 0. The SMILES string of the molecule is CCCOC(C)=Cc1ccccc1. The normalized spacial score (nSPS) is 11.4. The molecule has 0 radical (unpaired) electrons. The van der Waals surface area contributed by atoms with Crippen LogP contribution in [0.1, 0.15) is 25.8 Å². The number of benzene rings is 1. The minimum atomic E-state index is 0.801. The number of hydrogen-bond donors (Lipinski definition) is 0. The van der Waals surface area contributed by atoms with Crippen LogP contribution in [-0.4, -0.2) is 6.61 Å². The van der Waals surface area contributed by atoms with E-state index in [1.165, 1.54) is 5.56 Å². The molecule has 0 aromatic heterocycles. The van der Waals surface area contributed by atoms with Gasteiger partial charge in [-0.1, -0.05) is 37.3 Å². The predicted octanol–water partition coefficient (Wildman–Crippen LogP) is 3.47.